The third kappa shape index (κ3) is 2.63. The predicted molar refractivity (Wildman–Crippen MR) is 73.4 cm³/mol. The Hall–Kier alpha value is -1.43. The van der Waals surface area contributed by atoms with Crippen molar-refractivity contribution in [2.75, 3.05) is 6.26 Å². The summed E-state index contributed by atoms with van der Waals surface area (Å²) >= 11 is 7.72. The van der Waals surface area contributed by atoms with E-state index in [9.17, 15) is 0 Å². The summed E-state index contributed by atoms with van der Waals surface area (Å²) < 4.78 is 0. The topological polar surface area (TPSA) is 23.8 Å². The molecule has 0 aliphatic heterocycles. The van der Waals surface area contributed by atoms with Crippen molar-refractivity contribution < 1.29 is 0 Å². The summed E-state index contributed by atoms with van der Waals surface area (Å²) in [5.74, 6) is 0. The molecule has 0 unspecified atom stereocenters. The van der Waals surface area contributed by atoms with E-state index in [1.807, 2.05) is 18.4 Å². The monoisotopic (exact) mass is 259 g/mol. The van der Waals surface area contributed by atoms with Crippen molar-refractivity contribution >= 4 is 23.4 Å². The van der Waals surface area contributed by atoms with E-state index >= 15 is 0 Å². The molecule has 0 radical (unpaired) electrons. The molecule has 0 aliphatic rings. The van der Waals surface area contributed by atoms with Crippen LogP contribution in [-0.2, 0) is 0 Å². The second-order valence-electron chi connectivity index (χ2n) is 3.53. The molecule has 2 aromatic rings. The minimum atomic E-state index is 0.499. The first-order chi connectivity index (χ1) is 8.24. The molecular formula is C14H10ClNS. The molecule has 0 amide bonds. The van der Waals surface area contributed by atoms with Crippen LogP contribution in [0, 0.1) is 11.3 Å². The van der Waals surface area contributed by atoms with Gasteiger partial charge in [0.05, 0.1) is 10.6 Å². The first kappa shape index (κ1) is 12.0. The van der Waals surface area contributed by atoms with Gasteiger partial charge in [0.25, 0.3) is 0 Å². The van der Waals surface area contributed by atoms with Crippen molar-refractivity contribution in [3.8, 4) is 17.2 Å². The first-order valence-corrected chi connectivity index (χ1v) is 6.69. The number of nitrogens with zero attached hydrogens (tertiary/aromatic N) is 1. The van der Waals surface area contributed by atoms with Crippen LogP contribution in [0.3, 0.4) is 0 Å². The average Bonchev–Trinajstić information content (AvgIpc) is 2.39. The van der Waals surface area contributed by atoms with Crippen LogP contribution in [0.1, 0.15) is 5.56 Å². The van der Waals surface area contributed by atoms with Gasteiger partial charge in [-0.2, -0.15) is 5.26 Å². The van der Waals surface area contributed by atoms with E-state index in [2.05, 4.69) is 30.3 Å². The first-order valence-electron chi connectivity index (χ1n) is 5.08. The molecule has 0 N–H and O–H groups in total. The maximum atomic E-state index is 8.81. The fraction of sp³-hybridized carbons (Fsp3) is 0.0714. The quantitative estimate of drug-likeness (QED) is 0.736. The van der Waals surface area contributed by atoms with E-state index in [0.717, 1.165) is 11.1 Å². The van der Waals surface area contributed by atoms with Crippen LogP contribution in [-0.4, -0.2) is 6.26 Å². The van der Waals surface area contributed by atoms with Crippen LogP contribution in [0.25, 0.3) is 11.1 Å². The lowest BCUT2D eigenvalue weighted by atomic mass is 10.0. The zero-order valence-electron chi connectivity index (χ0n) is 9.27. The second-order valence-corrected chi connectivity index (χ2v) is 4.82. The third-order valence-corrected chi connectivity index (χ3v) is 3.57. The van der Waals surface area contributed by atoms with Gasteiger partial charge in [0, 0.05) is 4.90 Å². The van der Waals surface area contributed by atoms with Gasteiger partial charge in [-0.1, -0.05) is 29.8 Å². The van der Waals surface area contributed by atoms with E-state index in [1.165, 1.54) is 4.90 Å². The van der Waals surface area contributed by atoms with Crippen molar-refractivity contribution in [2.45, 2.75) is 4.90 Å². The molecule has 0 bridgehead atoms. The Morgan fingerprint density at radius 3 is 2.24 bits per heavy atom. The Kier molecular flexibility index (Phi) is 3.73. The van der Waals surface area contributed by atoms with Crippen molar-refractivity contribution in [3.05, 3.63) is 53.1 Å². The summed E-state index contributed by atoms with van der Waals surface area (Å²) in [7, 11) is 0. The molecule has 1 nitrogen and oxygen atoms in total. The molecule has 0 aliphatic carbocycles. The van der Waals surface area contributed by atoms with Gasteiger partial charge in [0.15, 0.2) is 0 Å². The van der Waals surface area contributed by atoms with Crippen molar-refractivity contribution in [1.29, 1.82) is 5.26 Å². The number of hydrogen-bond donors (Lipinski definition) is 0. The number of thioether (sulfide) groups is 1. The van der Waals surface area contributed by atoms with Crippen LogP contribution in [0.4, 0.5) is 0 Å². The smallest absolute Gasteiger partial charge is 0.101 e. The molecule has 84 valence electrons. The highest BCUT2D eigenvalue weighted by molar-refractivity contribution is 7.98. The Labute approximate surface area is 110 Å². The molecule has 0 heterocycles. The van der Waals surface area contributed by atoms with Crippen molar-refractivity contribution in [1.82, 2.24) is 0 Å². The molecule has 17 heavy (non-hydrogen) atoms. The Morgan fingerprint density at radius 2 is 1.71 bits per heavy atom. The van der Waals surface area contributed by atoms with E-state index in [4.69, 9.17) is 16.9 Å². The summed E-state index contributed by atoms with van der Waals surface area (Å²) in [4.78, 5) is 1.23. The summed E-state index contributed by atoms with van der Waals surface area (Å²) in [5.41, 5.74) is 2.65. The van der Waals surface area contributed by atoms with Crippen LogP contribution >= 0.6 is 23.4 Å². The summed E-state index contributed by atoms with van der Waals surface area (Å²) in [6.45, 7) is 0. The van der Waals surface area contributed by atoms with E-state index in [-0.39, 0.29) is 0 Å². The van der Waals surface area contributed by atoms with Crippen LogP contribution in [0.2, 0.25) is 5.02 Å². The fourth-order valence-corrected chi connectivity index (χ4v) is 2.20. The zero-order valence-corrected chi connectivity index (χ0v) is 10.8. The highest BCUT2D eigenvalue weighted by Gasteiger charge is 2.03. The molecule has 2 rings (SSSR count). The molecule has 2 aromatic carbocycles. The Balaban J connectivity index is 2.40. The van der Waals surface area contributed by atoms with Gasteiger partial charge in [-0.05, 0) is 41.6 Å². The van der Waals surface area contributed by atoms with Gasteiger partial charge >= 0.3 is 0 Å². The number of hydrogen-bond acceptors (Lipinski definition) is 2. The number of nitriles is 1. The highest BCUT2D eigenvalue weighted by atomic mass is 35.5. The van der Waals surface area contributed by atoms with Gasteiger partial charge in [-0.25, -0.2) is 0 Å². The van der Waals surface area contributed by atoms with E-state index in [1.54, 1.807) is 17.8 Å². The standard InChI is InChI=1S/C14H10ClNS/c1-17-13-6-4-10(5-7-13)11-2-3-12(9-16)14(15)8-11/h2-8H,1H3. The van der Waals surface area contributed by atoms with Crippen LogP contribution < -0.4 is 0 Å². The lowest BCUT2D eigenvalue weighted by molar-refractivity contribution is 1.45. The van der Waals surface area contributed by atoms with Gasteiger partial charge in [-0.15, -0.1) is 11.8 Å². The third-order valence-electron chi connectivity index (χ3n) is 2.51. The Bertz CT molecular complexity index is 570. The SMILES string of the molecule is CSc1ccc(-c2ccc(C#N)c(Cl)c2)cc1. The fourth-order valence-electron chi connectivity index (χ4n) is 1.57. The Morgan fingerprint density at radius 1 is 1.06 bits per heavy atom. The molecule has 0 saturated carbocycles. The molecule has 0 saturated heterocycles. The predicted octanol–water partition coefficient (Wildman–Crippen LogP) is 4.60. The lowest BCUT2D eigenvalue weighted by Crippen LogP contribution is -1.81. The van der Waals surface area contributed by atoms with Crippen LogP contribution in [0.15, 0.2) is 47.4 Å². The normalized spacial score (nSPS) is 9.94. The molecular weight excluding hydrogens is 250 g/mol. The minimum Gasteiger partial charge on any atom is -0.192 e. The maximum absolute atomic E-state index is 8.81. The molecule has 0 fully saturated rings. The van der Waals surface area contributed by atoms with Gasteiger partial charge in [0.1, 0.15) is 6.07 Å². The van der Waals surface area contributed by atoms with E-state index in [0.29, 0.717) is 10.6 Å². The minimum absolute atomic E-state index is 0.499. The largest absolute Gasteiger partial charge is 0.192 e. The number of halogens is 1. The molecule has 0 spiro atoms. The van der Waals surface area contributed by atoms with Crippen molar-refractivity contribution in [3.63, 3.8) is 0 Å². The average molecular weight is 260 g/mol. The molecule has 3 heteroatoms. The number of benzene rings is 2. The van der Waals surface area contributed by atoms with Crippen LogP contribution in [0.5, 0.6) is 0 Å². The maximum Gasteiger partial charge on any atom is 0.101 e. The summed E-state index contributed by atoms with van der Waals surface area (Å²) in [6, 6.07) is 15.8. The van der Waals surface area contributed by atoms with Gasteiger partial charge in [-0.3, -0.25) is 0 Å². The molecule has 0 atom stereocenters. The lowest BCUT2D eigenvalue weighted by Gasteiger charge is -2.04. The molecule has 0 aromatic heterocycles. The van der Waals surface area contributed by atoms with E-state index < -0.39 is 0 Å². The summed E-state index contributed by atoms with van der Waals surface area (Å²) in [5, 5.41) is 9.31. The van der Waals surface area contributed by atoms with Gasteiger partial charge < -0.3 is 0 Å². The zero-order chi connectivity index (χ0) is 12.3. The highest BCUT2D eigenvalue weighted by Crippen LogP contribution is 2.26. The number of rotatable bonds is 2. The summed E-state index contributed by atoms with van der Waals surface area (Å²) in [6.07, 6.45) is 2.05. The second kappa shape index (κ2) is 5.27. The van der Waals surface area contributed by atoms with Crippen molar-refractivity contribution in [2.24, 2.45) is 0 Å². The van der Waals surface area contributed by atoms with Gasteiger partial charge in [0.2, 0.25) is 0 Å².